The molecule has 232 valence electrons. The van der Waals surface area contributed by atoms with Gasteiger partial charge in [-0.25, -0.2) is 0 Å². The third kappa shape index (κ3) is 6.94. The van der Waals surface area contributed by atoms with Gasteiger partial charge in [-0.1, -0.05) is 59.4 Å². The molecule has 0 amide bonds. The first-order valence-corrected chi connectivity index (χ1v) is 20.1. The first kappa shape index (κ1) is 31.5. The quantitative estimate of drug-likeness (QED) is 0.208. The molecule has 5 heteroatoms. The van der Waals surface area contributed by atoms with E-state index < -0.39 is 8.32 Å². The van der Waals surface area contributed by atoms with Crippen LogP contribution in [0.2, 0.25) is 18.1 Å². The Morgan fingerprint density at radius 2 is 1.80 bits per heavy atom. The molecule has 3 aliphatic carbocycles. The van der Waals surface area contributed by atoms with E-state index in [-0.39, 0.29) is 22.8 Å². The Balaban J connectivity index is 1.10. The SMILES string of the molecule is CC(C)(C)[Si](C)(C)Oc1ccc2c(c1)CC[C@@H]1[C@@H]2CC[C@]2(C)[C@@H](O)C(CCCCCCCOC3CCCCO3)C[C@@H]12. The number of aliphatic hydroxyl groups excluding tert-OH is 1. The van der Waals surface area contributed by atoms with Crippen LogP contribution in [0.25, 0.3) is 0 Å². The van der Waals surface area contributed by atoms with E-state index in [1.54, 1.807) is 5.56 Å². The van der Waals surface area contributed by atoms with Crippen molar-refractivity contribution in [2.75, 3.05) is 13.2 Å². The van der Waals surface area contributed by atoms with Crippen molar-refractivity contribution < 1.29 is 19.0 Å². The molecule has 0 radical (unpaired) electrons. The zero-order chi connectivity index (χ0) is 29.3. The van der Waals surface area contributed by atoms with Crippen LogP contribution in [0.3, 0.4) is 0 Å². The number of benzene rings is 1. The highest BCUT2D eigenvalue weighted by Crippen LogP contribution is 2.63. The van der Waals surface area contributed by atoms with E-state index >= 15 is 0 Å². The summed E-state index contributed by atoms with van der Waals surface area (Å²) in [5.41, 5.74) is 3.22. The van der Waals surface area contributed by atoms with Gasteiger partial charge in [0.05, 0.1) is 6.10 Å². The fraction of sp³-hybridized carbons (Fsp3) is 0.833. The Labute approximate surface area is 252 Å². The molecule has 2 saturated carbocycles. The van der Waals surface area contributed by atoms with Crippen molar-refractivity contribution in [3.05, 3.63) is 29.3 Å². The van der Waals surface area contributed by atoms with Gasteiger partial charge < -0.3 is 19.0 Å². The molecule has 41 heavy (non-hydrogen) atoms. The molecular weight excluding hydrogens is 524 g/mol. The van der Waals surface area contributed by atoms with Gasteiger partial charge in [-0.05, 0) is 135 Å². The number of hydrogen-bond acceptors (Lipinski definition) is 4. The van der Waals surface area contributed by atoms with Gasteiger partial charge in [-0.3, -0.25) is 0 Å². The van der Waals surface area contributed by atoms with Crippen LogP contribution in [0, 0.1) is 23.2 Å². The van der Waals surface area contributed by atoms with Crippen LogP contribution in [0.5, 0.6) is 5.75 Å². The molecular formula is C36H60O4Si. The number of rotatable bonds is 11. The minimum atomic E-state index is -1.84. The number of ether oxygens (including phenoxy) is 2. The number of aryl methyl sites for hydroxylation is 1. The molecule has 5 rings (SSSR count). The number of hydrogen-bond donors (Lipinski definition) is 1. The third-order valence-electron chi connectivity index (χ3n) is 12.2. The number of fused-ring (bicyclic) bond motifs is 5. The molecule has 1 N–H and O–H groups in total. The van der Waals surface area contributed by atoms with Crippen molar-refractivity contribution in [1.29, 1.82) is 0 Å². The van der Waals surface area contributed by atoms with Gasteiger partial charge in [0.1, 0.15) is 5.75 Å². The van der Waals surface area contributed by atoms with Crippen LogP contribution < -0.4 is 4.43 Å². The van der Waals surface area contributed by atoms with Gasteiger partial charge in [0, 0.05) is 13.2 Å². The fourth-order valence-electron chi connectivity index (χ4n) is 8.59. The summed E-state index contributed by atoms with van der Waals surface area (Å²) in [6.07, 6.45) is 16.9. The molecule has 1 aliphatic heterocycles. The van der Waals surface area contributed by atoms with Crippen molar-refractivity contribution in [1.82, 2.24) is 0 Å². The lowest BCUT2D eigenvalue weighted by Crippen LogP contribution is -2.44. The normalized spacial score (nSPS) is 33.6. The largest absolute Gasteiger partial charge is 0.543 e. The minimum absolute atomic E-state index is 0.0496. The van der Waals surface area contributed by atoms with E-state index in [9.17, 15) is 5.11 Å². The first-order valence-electron chi connectivity index (χ1n) is 17.2. The zero-order valence-electron chi connectivity index (χ0n) is 27.2. The number of unbranched alkanes of at least 4 members (excludes halogenated alkanes) is 4. The molecule has 4 nitrogen and oxygen atoms in total. The van der Waals surface area contributed by atoms with Gasteiger partial charge in [0.15, 0.2) is 6.29 Å². The topological polar surface area (TPSA) is 47.9 Å². The smallest absolute Gasteiger partial charge is 0.250 e. The second kappa shape index (κ2) is 13.0. The Hall–Kier alpha value is -0.883. The van der Waals surface area contributed by atoms with Crippen molar-refractivity contribution >= 4 is 8.32 Å². The lowest BCUT2D eigenvalue weighted by atomic mass is 9.55. The Bertz CT molecular complexity index is 996. The summed E-state index contributed by atoms with van der Waals surface area (Å²) in [6, 6.07) is 7.05. The van der Waals surface area contributed by atoms with Gasteiger partial charge >= 0.3 is 0 Å². The standard InChI is InChI=1S/C36H60O4Si/c1-35(2,3)41(5,6)40-28-17-19-29-26(24-28)16-18-31-30(29)20-21-36(4)32(31)25-27(34(36)37)14-10-8-7-9-12-22-38-33-15-11-13-23-39-33/h17,19,24,27,30-34,37H,7-16,18,20-23,25H2,1-6H3/t27?,30-,31-,32+,33?,34+,36+/m1/s1. The van der Waals surface area contributed by atoms with Crippen molar-refractivity contribution in [2.45, 2.75) is 154 Å². The molecule has 1 aromatic rings. The average molecular weight is 585 g/mol. The summed E-state index contributed by atoms with van der Waals surface area (Å²) in [6.45, 7) is 15.8. The zero-order valence-corrected chi connectivity index (χ0v) is 28.2. The molecule has 1 aromatic carbocycles. The molecule has 2 unspecified atom stereocenters. The highest BCUT2D eigenvalue weighted by Gasteiger charge is 2.57. The lowest BCUT2D eigenvalue weighted by molar-refractivity contribution is -0.162. The van der Waals surface area contributed by atoms with Crippen molar-refractivity contribution in [2.24, 2.45) is 23.2 Å². The summed E-state index contributed by atoms with van der Waals surface area (Å²) in [4.78, 5) is 0. The maximum absolute atomic E-state index is 11.6. The van der Waals surface area contributed by atoms with E-state index in [1.807, 2.05) is 0 Å². The molecule has 0 bridgehead atoms. The second-order valence-corrected chi connectivity index (χ2v) is 20.6. The molecule has 1 heterocycles. The average Bonchev–Trinajstić information content (AvgIpc) is 3.19. The van der Waals surface area contributed by atoms with Crippen LogP contribution >= 0.6 is 0 Å². The monoisotopic (exact) mass is 584 g/mol. The lowest BCUT2D eigenvalue weighted by Gasteiger charge is -2.50. The van der Waals surface area contributed by atoms with E-state index in [2.05, 4.69) is 59.0 Å². The summed E-state index contributed by atoms with van der Waals surface area (Å²) < 4.78 is 18.2. The van der Waals surface area contributed by atoms with Crippen LogP contribution in [0.15, 0.2) is 18.2 Å². The van der Waals surface area contributed by atoms with Gasteiger partial charge in [0.2, 0.25) is 8.32 Å². The Morgan fingerprint density at radius 1 is 1.02 bits per heavy atom. The van der Waals surface area contributed by atoms with Gasteiger partial charge in [-0.2, -0.15) is 0 Å². The maximum Gasteiger partial charge on any atom is 0.250 e. The maximum atomic E-state index is 11.6. The number of aliphatic hydroxyl groups is 1. The van der Waals surface area contributed by atoms with Crippen LogP contribution in [-0.2, 0) is 15.9 Å². The summed E-state index contributed by atoms with van der Waals surface area (Å²) in [7, 11) is -1.84. The third-order valence-corrected chi connectivity index (χ3v) is 16.5. The van der Waals surface area contributed by atoms with Crippen molar-refractivity contribution in [3.63, 3.8) is 0 Å². The van der Waals surface area contributed by atoms with E-state index in [4.69, 9.17) is 13.9 Å². The Kier molecular flexibility index (Phi) is 10.0. The van der Waals surface area contributed by atoms with Gasteiger partial charge in [-0.15, -0.1) is 0 Å². The van der Waals surface area contributed by atoms with Crippen LogP contribution in [0.4, 0.5) is 0 Å². The predicted octanol–water partition coefficient (Wildman–Crippen LogP) is 9.40. The summed E-state index contributed by atoms with van der Waals surface area (Å²) in [5, 5.41) is 11.8. The van der Waals surface area contributed by atoms with Crippen molar-refractivity contribution in [3.8, 4) is 5.75 Å². The molecule has 1 saturated heterocycles. The molecule has 0 spiro atoms. The van der Waals surface area contributed by atoms with E-state index in [0.717, 1.165) is 44.1 Å². The molecule has 4 aliphatic rings. The predicted molar refractivity (Wildman–Crippen MR) is 171 cm³/mol. The highest BCUT2D eigenvalue weighted by molar-refractivity contribution is 6.74. The molecule has 3 fully saturated rings. The summed E-state index contributed by atoms with van der Waals surface area (Å²) >= 11 is 0. The van der Waals surface area contributed by atoms with Gasteiger partial charge in [0.25, 0.3) is 0 Å². The summed E-state index contributed by atoms with van der Waals surface area (Å²) in [5.74, 6) is 3.61. The highest BCUT2D eigenvalue weighted by atomic mass is 28.4. The Morgan fingerprint density at radius 3 is 2.56 bits per heavy atom. The van der Waals surface area contributed by atoms with Crippen LogP contribution in [-0.4, -0.2) is 39.0 Å². The van der Waals surface area contributed by atoms with E-state index in [0.29, 0.717) is 17.8 Å². The molecule has 0 aromatic heterocycles. The minimum Gasteiger partial charge on any atom is -0.543 e. The first-order chi connectivity index (χ1) is 19.5. The molecule has 7 atom stereocenters. The van der Waals surface area contributed by atoms with Crippen LogP contribution in [0.1, 0.15) is 128 Å². The second-order valence-electron chi connectivity index (χ2n) is 15.8. The van der Waals surface area contributed by atoms with E-state index in [1.165, 1.54) is 76.2 Å². The fourth-order valence-corrected chi connectivity index (χ4v) is 9.62.